The lowest BCUT2D eigenvalue weighted by molar-refractivity contribution is 0.102. The van der Waals surface area contributed by atoms with Gasteiger partial charge in [0.25, 0.3) is 5.91 Å². The minimum absolute atomic E-state index is 0.0658. The molecule has 0 radical (unpaired) electrons. The van der Waals surface area contributed by atoms with Crippen LogP contribution in [0.25, 0.3) is 0 Å². The second-order valence-corrected chi connectivity index (χ2v) is 7.18. The number of primary sulfonamides is 1. The first-order valence-corrected chi connectivity index (χ1v) is 9.02. The second kappa shape index (κ2) is 7.49. The third-order valence-electron chi connectivity index (χ3n) is 3.19. The summed E-state index contributed by atoms with van der Waals surface area (Å²) in [6, 6.07) is 6.80. The Morgan fingerprint density at radius 1 is 1.08 bits per heavy atom. The van der Waals surface area contributed by atoms with Crippen LogP contribution in [0.1, 0.15) is 10.4 Å². The maximum Gasteiger partial charge on any atom is 0.255 e. The predicted octanol–water partition coefficient (Wildman–Crippen LogP) is 2.91. The fraction of sp³-hybridized carbons (Fsp3) is 0.133. The smallest absolute Gasteiger partial charge is 0.255 e. The number of carbonyl (C=O) groups excluding carboxylic acids is 1. The summed E-state index contributed by atoms with van der Waals surface area (Å²) in [5.41, 5.74) is 0.377. The average molecular weight is 405 g/mol. The number of amides is 1. The lowest BCUT2D eigenvalue weighted by Gasteiger charge is -2.11. The van der Waals surface area contributed by atoms with Crippen LogP contribution >= 0.6 is 23.2 Å². The van der Waals surface area contributed by atoms with Crippen LogP contribution in [0.4, 0.5) is 5.69 Å². The molecule has 0 atom stereocenters. The molecule has 0 fully saturated rings. The summed E-state index contributed by atoms with van der Waals surface area (Å²) in [4.78, 5) is 12.1. The van der Waals surface area contributed by atoms with Crippen molar-refractivity contribution in [1.29, 1.82) is 0 Å². The molecule has 2 rings (SSSR count). The Hall–Kier alpha value is -2.00. The molecule has 0 unspecified atom stereocenters. The Labute approximate surface area is 154 Å². The van der Waals surface area contributed by atoms with E-state index in [0.717, 1.165) is 0 Å². The number of ether oxygens (including phenoxy) is 2. The standard InChI is InChI=1S/C15H14Cl2N2O5S/c1-23-12-4-3-9(7-13(12)25(18,21)22)19-15(20)8-5-10(16)14(24-2)11(17)6-8/h3-7H,1-2H3,(H,19,20)(H2,18,21,22). The van der Waals surface area contributed by atoms with Crippen LogP contribution in [0.2, 0.25) is 10.0 Å². The van der Waals surface area contributed by atoms with E-state index in [1.165, 1.54) is 44.6 Å². The quantitative estimate of drug-likeness (QED) is 0.796. The van der Waals surface area contributed by atoms with Crippen molar-refractivity contribution < 1.29 is 22.7 Å². The minimum Gasteiger partial charge on any atom is -0.495 e. The molecule has 0 saturated heterocycles. The Morgan fingerprint density at radius 2 is 1.68 bits per heavy atom. The Bertz CT molecular complexity index is 909. The molecule has 7 nitrogen and oxygen atoms in total. The van der Waals surface area contributed by atoms with Gasteiger partial charge in [-0.2, -0.15) is 0 Å². The van der Waals surface area contributed by atoms with E-state index in [1.807, 2.05) is 0 Å². The van der Waals surface area contributed by atoms with E-state index in [4.69, 9.17) is 37.8 Å². The van der Waals surface area contributed by atoms with Crippen LogP contribution < -0.4 is 19.9 Å². The van der Waals surface area contributed by atoms with Gasteiger partial charge in [-0.3, -0.25) is 4.79 Å². The van der Waals surface area contributed by atoms with Crippen LogP contribution in [-0.2, 0) is 10.0 Å². The fourth-order valence-corrected chi connectivity index (χ4v) is 3.43. The van der Waals surface area contributed by atoms with Crippen LogP contribution in [-0.4, -0.2) is 28.5 Å². The van der Waals surface area contributed by atoms with E-state index in [2.05, 4.69) is 5.32 Å². The SMILES string of the molecule is COc1ccc(NC(=O)c2cc(Cl)c(OC)c(Cl)c2)cc1S(N)(=O)=O. The summed E-state index contributed by atoms with van der Waals surface area (Å²) in [5, 5.41) is 8.02. The summed E-state index contributed by atoms with van der Waals surface area (Å²) in [6.45, 7) is 0. The van der Waals surface area contributed by atoms with Crippen LogP contribution in [0.5, 0.6) is 11.5 Å². The number of hydrogen-bond donors (Lipinski definition) is 2. The lowest BCUT2D eigenvalue weighted by atomic mass is 10.2. The molecule has 2 aromatic rings. The van der Waals surface area contributed by atoms with E-state index in [0.29, 0.717) is 0 Å². The van der Waals surface area contributed by atoms with Gasteiger partial charge < -0.3 is 14.8 Å². The van der Waals surface area contributed by atoms with Crippen LogP contribution in [0.15, 0.2) is 35.2 Å². The highest BCUT2D eigenvalue weighted by molar-refractivity contribution is 7.89. The molecule has 0 heterocycles. The van der Waals surface area contributed by atoms with E-state index < -0.39 is 15.9 Å². The van der Waals surface area contributed by atoms with Crippen LogP contribution in [0.3, 0.4) is 0 Å². The summed E-state index contributed by atoms with van der Waals surface area (Å²) in [7, 11) is -1.32. The van der Waals surface area contributed by atoms with Gasteiger partial charge >= 0.3 is 0 Å². The van der Waals surface area contributed by atoms with Crippen molar-refractivity contribution in [2.24, 2.45) is 5.14 Å². The number of carbonyl (C=O) groups is 1. The van der Waals surface area contributed by atoms with Gasteiger partial charge in [0.05, 0.1) is 24.3 Å². The number of methoxy groups -OCH3 is 2. The van der Waals surface area contributed by atoms with Crippen molar-refractivity contribution in [3.05, 3.63) is 45.9 Å². The topological polar surface area (TPSA) is 108 Å². The summed E-state index contributed by atoms with van der Waals surface area (Å²) < 4.78 is 33.2. The minimum atomic E-state index is -4.03. The normalized spacial score (nSPS) is 11.1. The number of sulfonamides is 1. The van der Waals surface area contributed by atoms with Gasteiger partial charge in [-0.1, -0.05) is 23.2 Å². The largest absolute Gasteiger partial charge is 0.495 e. The van der Waals surface area contributed by atoms with Gasteiger partial charge in [-0.05, 0) is 30.3 Å². The number of halogens is 2. The van der Waals surface area contributed by atoms with Crippen molar-refractivity contribution in [2.45, 2.75) is 4.90 Å². The summed E-state index contributed by atoms with van der Waals surface area (Å²) >= 11 is 12.0. The van der Waals surface area contributed by atoms with Crippen molar-refractivity contribution >= 4 is 44.8 Å². The number of nitrogens with one attached hydrogen (secondary N) is 1. The lowest BCUT2D eigenvalue weighted by Crippen LogP contribution is -2.16. The Balaban J connectivity index is 2.36. The molecule has 3 N–H and O–H groups in total. The zero-order valence-corrected chi connectivity index (χ0v) is 15.5. The zero-order chi connectivity index (χ0) is 18.8. The number of nitrogens with two attached hydrogens (primary N) is 1. The van der Waals surface area contributed by atoms with E-state index in [1.54, 1.807) is 0 Å². The van der Waals surface area contributed by atoms with E-state index in [-0.39, 0.29) is 37.7 Å². The first kappa shape index (κ1) is 19.3. The molecule has 10 heteroatoms. The molecule has 1 amide bonds. The van der Waals surface area contributed by atoms with Crippen molar-refractivity contribution in [1.82, 2.24) is 0 Å². The predicted molar refractivity (Wildman–Crippen MR) is 95.3 cm³/mol. The van der Waals surface area contributed by atoms with Crippen molar-refractivity contribution in [3.8, 4) is 11.5 Å². The van der Waals surface area contributed by atoms with Gasteiger partial charge in [-0.25, -0.2) is 13.6 Å². The van der Waals surface area contributed by atoms with E-state index in [9.17, 15) is 13.2 Å². The van der Waals surface area contributed by atoms with Gasteiger partial charge in [0.1, 0.15) is 10.6 Å². The molecule has 0 aliphatic carbocycles. The highest BCUT2D eigenvalue weighted by Gasteiger charge is 2.18. The van der Waals surface area contributed by atoms with Gasteiger partial charge in [0, 0.05) is 11.3 Å². The monoisotopic (exact) mass is 404 g/mol. The molecule has 0 saturated carbocycles. The summed E-state index contributed by atoms with van der Waals surface area (Å²) in [5.74, 6) is -0.228. The third-order valence-corrected chi connectivity index (χ3v) is 4.69. The molecular weight excluding hydrogens is 391 g/mol. The number of hydrogen-bond acceptors (Lipinski definition) is 5. The third kappa shape index (κ3) is 4.35. The zero-order valence-electron chi connectivity index (χ0n) is 13.2. The number of rotatable bonds is 5. The Morgan fingerprint density at radius 3 is 2.16 bits per heavy atom. The van der Waals surface area contributed by atoms with E-state index >= 15 is 0 Å². The van der Waals surface area contributed by atoms with Crippen LogP contribution in [0, 0.1) is 0 Å². The van der Waals surface area contributed by atoms with Crippen molar-refractivity contribution in [2.75, 3.05) is 19.5 Å². The highest BCUT2D eigenvalue weighted by Crippen LogP contribution is 2.34. The first-order valence-electron chi connectivity index (χ1n) is 6.72. The molecular formula is C15H14Cl2N2O5S. The molecule has 134 valence electrons. The van der Waals surface area contributed by atoms with Gasteiger partial charge in [-0.15, -0.1) is 0 Å². The Kier molecular flexibility index (Phi) is 5.79. The maximum atomic E-state index is 12.4. The fourth-order valence-electron chi connectivity index (χ4n) is 2.07. The van der Waals surface area contributed by atoms with Gasteiger partial charge in [0.15, 0.2) is 5.75 Å². The molecule has 2 aromatic carbocycles. The number of benzene rings is 2. The molecule has 0 aromatic heterocycles. The average Bonchev–Trinajstić information content (AvgIpc) is 2.53. The molecule has 0 spiro atoms. The first-order chi connectivity index (χ1) is 11.7. The maximum absolute atomic E-state index is 12.4. The summed E-state index contributed by atoms with van der Waals surface area (Å²) in [6.07, 6.45) is 0. The second-order valence-electron chi connectivity index (χ2n) is 4.84. The molecule has 25 heavy (non-hydrogen) atoms. The molecule has 0 bridgehead atoms. The van der Waals surface area contributed by atoms with Crippen molar-refractivity contribution in [3.63, 3.8) is 0 Å². The van der Waals surface area contributed by atoms with Gasteiger partial charge in [0.2, 0.25) is 10.0 Å². The molecule has 0 aliphatic rings. The highest BCUT2D eigenvalue weighted by atomic mass is 35.5. The number of anilines is 1. The molecule has 0 aliphatic heterocycles.